The molecule has 0 atom stereocenters. The van der Waals surface area contributed by atoms with Crippen molar-refractivity contribution in [3.8, 4) is 0 Å². The number of aryl methyl sites for hydroxylation is 2. The van der Waals surface area contributed by atoms with Crippen LogP contribution in [0.4, 0.5) is 4.39 Å². The van der Waals surface area contributed by atoms with Crippen LogP contribution in [0.15, 0.2) is 0 Å². The van der Waals surface area contributed by atoms with E-state index >= 15 is 0 Å². The molecule has 72 valence electrons. The lowest BCUT2D eigenvalue weighted by molar-refractivity contribution is 0.0598. The van der Waals surface area contributed by atoms with Gasteiger partial charge in [0, 0.05) is 24.5 Å². The Morgan fingerprint density at radius 3 is 2.69 bits per heavy atom. The van der Waals surface area contributed by atoms with Gasteiger partial charge in [-0.15, -0.1) is 11.3 Å². The molecule has 1 saturated heterocycles. The molecule has 1 aliphatic rings. The molecule has 2 heterocycles. The van der Waals surface area contributed by atoms with Crippen molar-refractivity contribution in [3.05, 3.63) is 15.6 Å². The van der Waals surface area contributed by atoms with Gasteiger partial charge in [0.1, 0.15) is 6.17 Å². The molecule has 2 nitrogen and oxygen atoms in total. The van der Waals surface area contributed by atoms with E-state index < -0.39 is 6.17 Å². The van der Waals surface area contributed by atoms with Gasteiger partial charge < -0.3 is 0 Å². The minimum atomic E-state index is -0.602. The van der Waals surface area contributed by atoms with Gasteiger partial charge in [-0.25, -0.2) is 9.37 Å². The quantitative estimate of drug-likeness (QED) is 0.725. The summed E-state index contributed by atoms with van der Waals surface area (Å²) in [4.78, 5) is 7.74. The van der Waals surface area contributed by atoms with Crippen molar-refractivity contribution in [1.29, 1.82) is 0 Å². The molecular weight excluding hydrogens is 187 g/mol. The van der Waals surface area contributed by atoms with Gasteiger partial charge in [0.15, 0.2) is 0 Å². The highest BCUT2D eigenvalue weighted by molar-refractivity contribution is 7.11. The number of halogens is 1. The van der Waals surface area contributed by atoms with Crippen molar-refractivity contribution in [2.45, 2.75) is 26.6 Å². The van der Waals surface area contributed by atoms with Crippen LogP contribution in [0.25, 0.3) is 0 Å². The summed E-state index contributed by atoms with van der Waals surface area (Å²) < 4.78 is 12.5. The maximum atomic E-state index is 12.5. The van der Waals surface area contributed by atoms with Crippen LogP contribution < -0.4 is 0 Å². The van der Waals surface area contributed by atoms with Crippen molar-refractivity contribution in [2.75, 3.05) is 13.1 Å². The number of thiazole rings is 1. The zero-order valence-corrected chi connectivity index (χ0v) is 8.70. The van der Waals surface area contributed by atoms with E-state index in [-0.39, 0.29) is 0 Å². The van der Waals surface area contributed by atoms with E-state index in [0.29, 0.717) is 13.1 Å². The number of rotatable bonds is 2. The summed E-state index contributed by atoms with van der Waals surface area (Å²) >= 11 is 1.72. The highest BCUT2D eigenvalue weighted by Gasteiger charge is 2.26. The van der Waals surface area contributed by atoms with Crippen LogP contribution in [0.1, 0.15) is 15.6 Å². The largest absolute Gasteiger partial charge is 0.292 e. The van der Waals surface area contributed by atoms with Gasteiger partial charge in [-0.05, 0) is 13.8 Å². The maximum Gasteiger partial charge on any atom is 0.125 e. The van der Waals surface area contributed by atoms with Gasteiger partial charge in [-0.3, -0.25) is 4.90 Å². The van der Waals surface area contributed by atoms with Crippen molar-refractivity contribution in [3.63, 3.8) is 0 Å². The number of hydrogen-bond acceptors (Lipinski definition) is 3. The van der Waals surface area contributed by atoms with E-state index in [2.05, 4.69) is 9.88 Å². The standard InChI is InChI=1S/C9H13FN2S/c1-6-9(13-7(2)11-6)5-12-3-8(10)4-12/h8H,3-5H2,1-2H3. The highest BCUT2D eigenvalue weighted by atomic mass is 32.1. The topological polar surface area (TPSA) is 16.1 Å². The van der Waals surface area contributed by atoms with Gasteiger partial charge in [0.25, 0.3) is 0 Å². The van der Waals surface area contributed by atoms with Crippen LogP contribution in [0.5, 0.6) is 0 Å². The zero-order chi connectivity index (χ0) is 9.42. The van der Waals surface area contributed by atoms with Gasteiger partial charge in [0.2, 0.25) is 0 Å². The molecule has 2 rings (SSSR count). The Hall–Kier alpha value is -0.480. The first-order valence-electron chi connectivity index (χ1n) is 4.44. The highest BCUT2D eigenvalue weighted by Crippen LogP contribution is 2.22. The first kappa shape index (κ1) is 9.09. The first-order valence-corrected chi connectivity index (χ1v) is 5.26. The fourth-order valence-corrected chi connectivity index (χ4v) is 2.54. The minimum Gasteiger partial charge on any atom is -0.292 e. The number of nitrogens with zero attached hydrogens (tertiary/aromatic N) is 2. The van der Waals surface area contributed by atoms with Gasteiger partial charge >= 0.3 is 0 Å². The Balaban J connectivity index is 1.98. The molecule has 0 radical (unpaired) electrons. The number of likely N-dealkylation sites (tertiary alicyclic amines) is 1. The van der Waals surface area contributed by atoms with E-state index in [1.54, 1.807) is 11.3 Å². The molecule has 4 heteroatoms. The van der Waals surface area contributed by atoms with Gasteiger partial charge in [-0.1, -0.05) is 0 Å². The second-order valence-electron chi connectivity index (χ2n) is 3.53. The summed E-state index contributed by atoms with van der Waals surface area (Å²) in [5.41, 5.74) is 1.10. The summed E-state index contributed by atoms with van der Waals surface area (Å²) in [6, 6.07) is 0. The van der Waals surface area contributed by atoms with Crippen molar-refractivity contribution in [2.24, 2.45) is 0 Å². The predicted octanol–water partition coefficient (Wildman–Crippen LogP) is 1.91. The van der Waals surface area contributed by atoms with Crippen LogP contribution in [0.3, 0.4) is 0 Å². The maximum absolute atomic E-state index is 12.5. The molecule has 0 amide bonds. The minimum absolute atomic E-state index is 0.594. The molecule has 0 saturated carbocycles. The van der Waals surface area contributed by atoms with E-state index in [9.17, 15) is 4.39 Å². The third kappa shape index (κ3) is 1.89. The van der Waals surface area contributed by atoms with E-state index in [1.807, 2.05) is 13.8 Å². The van der Waals surface area contributed by atoms with E-state index in [0.717, 1.165) is 17.2 Å². The van der Waals surface area contributed by atoms with Crippen LogP contribution >= 0.6 is 11.3 Å². The molecule has 0 aliphatic carbocycles. The van der Waals surface area contributed by atoms with Gasteiger partial charge in [0.05, 0.1) is 10.7 Å². The summed E-state index contributed by atoms with van der Waals surface area (Å²) in [7, 11) is 0. The Bertz CT molecular complexity index is 305. The molecule has 0 aromatic carbocycles. The lowest BCUT2D eigenvalue weighted by Gasteiger charge is -2.33. The molecule has 1 aromatic heterocycles. The fourth-order valence-electron chi connectivity index (χ4n) is 1.56. The van der Waals surface area contributed by atoms with Crippen LogP contribution in [0.2, 0.25) is 0 Å². The average Bonchev–Trinajstić information content (AvgIpc) is 2.27. The summed E-state index contributed by atoms with van der Waals surface area (Å²) in [6.07, 6.45) is -0.602. The second-order valence-corrected chi connectivity index (χ2v) is 4.82. The molecule has 0 spiro atoms. The van der Waals surface area contributed by atoms with E-state index in [4.69, 9.17) is 0 Å². The molecule has 1 aromatic rings. The molecule has 13 heavy (non-hydrogen) atoms. The fraction of sp³-hybridized carbons (Fsp3) is 0.667. The van der Waals surface area contributed by atoms with Crippen LogP contribution in [-0.4, -0.2) is 29.1 Å². The van der Waals surface area contributed by atoms with Crippen LogP contribution in [0, 0.1) is 13.8 Å². The smallest absolute Gasteiger partial charge is 0.125 e. The van der Waals surface area contributed by atoms with Crippen molar-refractivity contribution in [1.82, 2.24) is 9.88 Å². The summed E-state index contributed by atoms with van der Waals surface area (Å²) in [5.74, 6) is 0. The van der Waals surface area contributed by atoms with Crippen molar-refractivity contribution >= 4 is 11.3 Å². The zero-order valence-electron chi connectivity index (χ0n) is 7.88. The SMILES string of the molecule is Cc1nc(C)c(CN2CC(F)C2)s1. The van der Waals surface area contributed by atoms with E-state index in [1.165, 1.54) is 4.88 Å². The molecule has 1 fully saturated rings. The molecule has 0 N–H and O–H groups in total. The summed E-state index contributed by atoms with van der Waals surface area (Å²) in [5, 5.41) is 1.10. The first-order chi connectivity index (χ1) is 6.15. The Kier molecular flexibility index (Phi) is 2.34. The molecular formula is C9H13FN2S. The molecule has 0 unspecified atom stereocenters. The average molecular weight is 200 g/mol. The predicted molar refractivity (Wildman–Crippen MR) is 51.8 cm³/mol. The third-order valence-electron chi connectivity index (χ3n) is 2.28. The Morgan fingerprint density at radius 2 is 2.23 bits per heavy atom. The van der Waals surface area contributed by atoms with Crippen LogP contribution in [-0.2, 0) is 6.54 Å². The van der Waals surface area contributed by atoms with Gasteiger partial charge in [-0.2, -0.15) is 0 Å². The lowest BCUT2D eigenvalue weighted by atomic mass is 10.2. The summed E-state index contributed by atoms with van der Waals surface area (Å²) in [6.45, 7) is 6.09. The number of alkyl halides is 1. The lowest BCUT2D eigenvalue weighted by Crippen LogP contribution is -2.47. The molecule has 0 bridgehead atoms. The Morgan fingerprint density at radius 1 is 1.54 bits per heavy atom. The number of hydrogen-bond donors (Lipinski definition) is 0. The van der Waals surface area contributed by atoms with Crippen molar-refractivity contribution < 1.29 is 4.39 Å². The second kappa shape index (κ2) is 3.35. The normalized spacial score (nSPS) is 19.0. The third-order valence-corrected chi connectivity index (χ3v) is 3.34. The molecule has 1 aliphatic heterocycles. The monoisotopic (exact) mass is 200 g/mol. The Labute approximate surface area is 81.4 Å². The number of aromatic nitrogens is 1.